The Balaban J connectivity index is 1.32. The summed E-state index contributed by atoms with van der Waals surface area (Å²) in [4.78, 5) is 13.1. The van der Waals surface area contributed by atoms with Gasteiger partial charge in [-0.25, -0.2) is 4.79 Å². The lowest BCUT2D eigenvalue weighted by atomic mass is 9.76. The van der Waals surface area contributed by atoms with E-state index in [9.17, 15) is 23.1 Å². The molecule has 2 aromatic carbocycles. The van der Waals surface area contributed by atoms with Crippen molar-refractivity contribution in [2.45, 2.75) is 44.5 Å². The number of ether oxygens (including phenoxy) is 1. The van der Waals surface area contributed by atoms with E-state index in [1.807, 2.05) is 29.0 Å². The van der Waals surface area contributed by atoms with Crippen LogP contribution in [0.3, 0.4) is 0 Å². The van der Waals surface area contributed by atoms with Crippen LogP contribution in [0.4, 0.5) is 13.2 Å². The summed E-state index contributed by atoms with van der Waals surface area (Å²) in [7, 11) is 0. The van der Waals surface area contributed by atoms with Gasteiger partial charge >= 0.3 is 12.1 Å². The Morgan fingerprint density at radius 3 is 2.47 bits per heavy atom. The largest absolute Gasteiger partial charge is 0.487 e. The zero-order valence-electron chi connectivity index (χ0n) is 18.2. The fourth-order valence-corrected chi connectivity index (χ4v) is 4.25. The average molecular weight is 470 g/mol. The molecule has 1 saturated carbocycles. The van der Waals surface area contributed by atoms with Gasteiger partial charge in [0, 0.05) is 17.1 Å². The first kappa shape index (κ1) is 22.0. The van der Waals surface area contributed by atoms with E-state index in [0.29, 0.717) is 35.7 Å². The monoisotopic (exact) mass is 470 g/mol. The molecule has 4 aromatic rings. The van der Waals surface area contributed by atoms with Crippen LogP contribution in [0.5, 0.6) is 5.75 Å². The maximum absolute atomic E-state index is 12.8. The van der Waals surface area contributed by atoms with Crippen molar-refractivity contribution in [2.75, 3.05) is 0 Å². The van der Waals surface area contributed by atoms with Crippen molar-refractivity contribution in [1.82, 2.24) is 19.6 Å². The highest BCUT2D eigenvalue weighted by atomic mass is 19.4. The summed E-state index contributed by atoms with van der Waals surface area (Å²) in [5.41, 5.74) is 0.780. The number of hydrogen-bond donors (Lipinski definition) is 1. The summed E-state index contributed by atoms with van der Waals surface area (Å²) in [6.45, 7) is 1.87. The number of aromatic nitrogens is 4. The van der Waals surface area contributed by atoms with Crippen LogP contribution >= 0.6 is 0 Å². The Labute approximate surface area is 192 Å². The third-order valence-electron chi connectivity index (χ3n) is 6.38. The normalized spacial score (nSPS) is 15.3. The van der Waals surface area contributed by atoms with E-state index >= 15 is 0 Å². The zero-order valence-corrected chi connectivity index (χ0v) is 18.2. The number of halogens is 3. The van der Waals surface area contributed by atoms with Gasteiger partial charge in [-0.3, -0.25) is 0 Å². The van der Waals surface area contributed by atoms with Gasteiger partial charge in [0.1, 0.15) is 23.6 Å². The van der Waals surface area contributed by atoms with E-state index in [0.717, 1.165) is 29.5 Å². The maximum atomic E-state index is 12.8. The summed E-state index contributed by atoms with van der Waals surface area (Å²) in [6, 6.07) is 12.0. The summed E-state index contributed by atoms with van der Waals surface area (Å²) >= 11 is 0. The van der Waals surface area contributed by atoms with E-state index in [-0.39, 0.29) is 6.61 Å². The number of rotatable bonds is 6. The minimum absolute atomic E-state index is 0.123. The van der Waals surface area contributed by atoms with Gasteiger partial charge < -0.3 is 14.4 Å². The van der Waals surface area contributed by atoms with Crippen LogP contribution in [0.25, 0.3) is 16.6 Å². The maximum Gasteiger partial charge on any atom is 0.416 e. The molecule has 0 spiro atoms. The minimum Gasteiger partial charge on any atom is -0.487 e. The Morgan fingerprint density at radius 2 is 1.85 bits per heavy atom. The molecule has 34 heavy (non-hydrogen) atoms. The molecule has 0 unspecified atom stereocenters. The van der Waals surface area contributed by atoms with Crippen LogP contribution in [-0.4, -0.2) is 30.6 Å². The lowest BCUT2D eigenvalue weighted by Gasteiger charge is -2.39. The van der Waals surface area contributed by atoms with Gasteiger partial charge in [-0.15, -0.1) is 5.10 Å². The van der Waals surface area contributed by atoms with Crippen molar-refractivity contribution in [3.8, 4) is 11.4 Å². The Hall–Kier alpha value is -3.82. The number of alkyl halides is 3. The molecule has 1 N–H and O–H groups in total. The van der Waals surface area contributed by atoms with Crippen molar-refractivity contribution < 1.29 is 27.8 Å². The van der Waals surface area contributed by atoms with Crippen LogP contribution in [-0.2, 0) is 23.1 Å². The number of fused-ring (bicyclic) bond motifs is 1. The second-order valence-electron chi connectivity index (χ2n) is 8.45. The van der Waals surface area contributed by atoms with Crippen LogP contribution in [0.15, 0.2) is 54.7 Å². The van der Waals surface area contributed by atoms with Crippen LogP contribution in [0.2, 0.25) is 0 Å². The Kier molecular flexibility index (Phi) is 5.11. The third kappa shape index (κ3) is 3.68. The van der Waals surface area contributed by atoms with Gasteiger partial charge in [-0.1, -0.05) is 0 Å². The molecule has 176 valence electrons. The predicted octanol–water partition coefficient (Wildman–Crippen LogP) is 5.09. The molecular formula is C24H21F3N4O3. The van der Waals surface area contributed by atoms with Gasteiger partial charge in [0.05, 0.1) is 16.9 Å². The van der Waals surface area contributed by atoms with Crippen LogP contribution < -0.4 is 4.74 Å². The lowest BCUT2D eigenvalue weighted by Crippen LogP contribution is -2.47. The van der Waals surface area contributed by atoms with Crippen LogP contribution in [0, 0.1) is 6.92 Å². The summed E-state index contributed by atoms with van der Waals surface area (Å²) in [5.74, 6) is -0.227. The molecule has 0 aliphatic heterocycles. The minimum atomic E-state index is -4.40. The fraction of sp³-hybridized carbons (Fsp3) is 0.292. The predicted molar refractivity (Wildman–Crippen MR) is 117 cm³/mol. The molecule has 0 amide bonds. The Morgan fingerprint density at radius 1 is 1.12 bits per heavy atom. The zero-order chi connectivity index (χ0) is 24.1. The molecule has 0 bridgehead atoms. The first-order valence-electron chi connectivity index (χ1n) is 10.8. The molecule has 1 fully saturated rings. The van der Waals surface area contributed by atoms with Crippen molar-refractivity contribution in [3.05, 3.63) is 71.7 Å². The highest BCUT2D eigenvalue weighted by Crippen LogP contribution is 2.42. The fourth-order valence-electron chi connectivity index (χ4n) is 4.25. The van der Waals surface area contributed by atoms with Gasteiger partial charge in [0.15, 0.2) is 0 Å². The molecular weight excluding hydrogens is 449 g/mol. The van der Waals surface area contributed by atoms with E-state index in [2.05, 4.69) is 10.2 Å². The van der Waals surface area contributed by atoms with E-state index in [4.69, 9.17) is 4.74 Å². The molecule has 5 rings (SSSR count). The van der Waals surface area contributed by atoms with E-state index in [1.54, 1.807) is 13.0 Å². The Bertz CT molecular complexity index is 1370. The SMILES string of the molecule is Cc1nn(-c2ccc(C(F)(F)F)cc2)nc1COc1ccc2c(ccn2C2(C(=O)O)CCC2)c1. The standard InChI is InChI=1S/C24H21F3N4O3/c1-15-20(29-31(28-15)18-5-3-17(4-6-18)24(25,26)27)14-34-19-7-8-21-16(13-19)9-12-30(21)23(22(32)33)10-2-11-23/h3-9,12-13H,2,10-11,14H2,1H3,(H,32,33). The second-order valence-corrected chi connectivity index (χ2v) is 8.45. The number of aliphatic carboxylic acids is 1. The third-order valence-corrected chi connectivity index (χ3v) is 6.38. The topological polar surface area (TPSA) is 82.2 Å². The van der Waals surface area contributed by atoms with Gasteiger partial charge in [-0.05, 0) is 74.7 Å². The number of carbonyl (C=O) groups is 1. The summed E-state index contributed by atoms with van der Waals surface area (Å²) in [5, 5.41) is 19.2. The smallest absolute Gasteiger partial charge is 0.416 e. The number of carboxylic acids is 1. The molecule has 1 aliphatic carbocycles. The quantitative estimate of drug-likeness (QED) is 0.424. The molecule has 0 atom stereocenters. The number of carboxylic acid groups (broad SMARTS) is 1. The van der Waals surface area contributed by atoms with Crippen molar-refractivity contribution in [2.24, 2.45) is 0 Å². The van der Waals surface area contributed by atoms with Crippen molar-refractivity contribution >= 4 is 16.9 Å². The molecule has 7 nitrogen and oxygen atoms in total. The van der Waals surface area contributed by atoms with Gasteiger partial charge in [0.2, 0.25) is 0 Å². The molecule has 2 heterocycles. The number of nitrogens with zero attached hydrogens (tertiary/aromatic N) is 4. The highest BCUT2D eigenvalue weighted by molar-refractivity contribution is 5.86. The average Bonchev–Trinajstić information content (AvgIpc) is 3.34. The highest BCUT2D eigenvalue weighted by Gasteiger charge is 2.46. The molecule has 0 saturated heterocycles. The number of aryl methyl sites for hydroxylation is 1. The van der Waals surface area contributed by atoms with Gasteiger partial charge in [-0.2, -0.15) is 23.1 Å². The summed E-state index contributed by atoms with van der Waals surface area (Å²) < 4.78 is 46.1. The first-order valence-corrected chi connectivity index (χ1v) is 10.8. The van der Waals surface area contributed by atoms with E-state index < -0.39 is 23.2 Å². The van der Waals surface area contributed by atoms with Crippen molar-refractivity contribution in [1.29, 1.82) is 0 Å². The second kappa shape index (κ2) is 7.89. The molecule has 1 aliphatic rings. The molecule has 10 heteroatoms. The number of benzene rings is 2. The summed E-state index contributed by atoms with van der Waals surface area (Å²) in [6.07, 6.45) is -0.489. The van der Waals surface area contributed by atoms with Crippen LogP contribution in [0.1, 0.15) is 36.2 Å². The number of hydrogen-bond acceptors (Lipinski definition) is 4. The van der Waals surface area contributed by atoms with E-state index in [1.165, 1.54) is 16.9 Å². The molecule has 0 radical (unpaired) electrons. The molecule has 2 aromatic heterocycles. The van der Waals surface area contributed by atoms with Crippen molar-refractivity contribution in [3.63, 3.8) is 0 Å². The lowest BCUT2D eigenvalue weighted by molar-refractivity contribution is -0.152. The first-order chi connectivity index (χ1) is 16.2. The van der Waals surface area contributed by atoms with Gasteiger partial charge in [0.25, 0.3) is 0 Å².